The van der Waals surface area contributed by atoms with Crippen LogP contribution in [0.2, 0.25) is 0 Å². The summed E-state index contributed by atoms with van der Waals surface area (Å²) in [6.45, 7) is 2.76. The summed E-state index contributed by atoms with van der Waals surface area (Å²) in [7, 11) is 3.31. The van der Waals surface area contributed by atoms with E-state index in [1.807, 2.05) is 16.4 Å². The summed E-state index contributed by atoms with van der Waals surface area (Å²) in [5.74, 6) is -0.734. The van der Waals surface area contributed by atoms with E-state index >= 15 is 0 Å². The summed E-state index contributed by atoms with van der Waals surface area (Å²) in [6, 6.07) is 6.78. The van der Waals surface area contributed by atoms with Crippen molar-refractivity contribution in [2.45, 2.75) is 38.1 Å². The smallest absolute Gasteiger partial charge is 0.245 e. The average Bonchev–Trinajstić information content (AvgIpc) is 3.78. The Morgan fingerprint density at radius 1 is 0.980 bits per heavy atom. The van der Waals surface area contributed by atoms with Gasteiger partial charge in [-0.2, -0.15) is 5.10 Å². The summed E-state index contributed by atoms with van der Waals surface area (Å²) in [6.07, 6.45) is 4.36. The molecule has 16 heteroatoms. The van der Waals surface area contributed by atoms with Crippen molar-refractivity contribution in [3.05, 3.63) is 78.4 Å². The Labute approximate surface area is 277 Å². The number of aromatic nitrogens is 8. The minimum atomic E-state index is -0.801. The van der Waals surface area contributed by atoms with E-state index in [1.165, 1.54) is 35.4 Å². The fourth-order valence-electron chi connectivity index (χ4n) is 6.89. The van der Waals surface area contributed by atoms with Gasteiger partial charge in [0.25, 0.3) is 0 Å². The zero-order chi connectivity index (χ0) is 34.0. The number of nitrogens with zero attached hydrogens (tertiary/aromatic N) is 10. The summed E-state index contributed by atoms with van der Waals surface area (Å²) in [5, 5.41) is 8.21. The van der Waals surface area contributed by atoms with E-state index in [1.54, 1.807) is 31.3 Å². The lowest BCUT2D eigenvalue weighted by Gasteiger charge is -2.30. The Hall–Kier alpha value is -5.64. The number of carbonyl (C=O) groups excluding carboxylic acids is 1. The van der Waals surface area contributed by atoms with Crippen molar-refractivity contribution in [2.75, 3.05) is 37.5 Å². The summed E-state index contributed by atoms with van der Waals surface area (Å²) in [5.41, 5.74) is 2.56. The van der Waals surface area contributed by atoms with E-state index in [2.05, 4.69) is 30.4 Å². The lowest BCUT2D eigenvalue weighted by Crippen LogP contribution is -2.47. The molecular formula is C33H30F3N11O2. The van der Waals surface area contributed by atoms with Gasteiger partial charge in [-0.1, -0.05) is 0 Å². The van der Waals surface area contributed by atoms with Gasteiger partial charge < -0.3 is 24.4 Å². The van der Waals surface area contributed by atoms with E-state index in [0.717, 1.165) is 12.1 Å². The number of amides is 1. The maximum Gasteiger partial charge on any atom is 0.245 e. The number of carbonyl (C=O) groups is 1. The first-order chi connectivity index (χ1) is 23.7. The number of likely N-dealkylation sites (N-methyl/N-ethyl adjacent to an activating group) is 1. The summed E-state index contributed by atoms with van der Waals surface area (Å²) >= 11 is 0. The number of methoxy groups -OCH3 is 1. The molecule has 3 atom stereocenters. The van der Waals surface area contributed by atoms with Crippen LogP contribution in [0.15, 0.2) is 55.1 Å². The topological polar surface area (TPSA) is 132 Å². The van der Waals surface area contributed by atoms with E-state index in [4.69, 9.17) is 9.72 Å². The number of benzene rings is 2. The molecule has 49 heavy (non-hydrogen) atoms. The zero-order valence-corrected chi connectivity index (χ0v) is 26.7. The largest absolute Gasteiger partial charge is 0.378 e. The Morgan fingerprint density at radius 3 is 2.65 bits per heavy atom. The van der Waals surface area contributed by atoms with E-state index in [0.29, 0.717) is 64.8 Å². The number of hydrogen-bond acceptors (Lipinski definition) is 10. The fourth-order valence-corrected chi connectivity index (χ4v) is 6.89. The van der Waals surface area contributed by atoms with Crippen molar-refractivity contribution >= 4 is 39.7 Å². The molecule has 0 saturated carbocycles. The first-order valence-electron chi connectivity index (χ1n) is 15.6. The molecular weight excluding hydrogens is 639 g/mol. The Balaban J connectivity index is 1.22. The molecule has 0 spiro atoms. The van der Waals surface area contributed by atoms with Gasteiger partial charge in [0, 0.05) is 57.2 Å². The van der Waals surface area contributed by atoms with Crippen molar-refractivity contribution in [1.82, 2.24) is 44.2 Å². The third kappa shape index (κ3) is 5.28. The van der Waals surface area contributed by atoms with Gasteiger partial charge in [-0.25, -0.2) is 42.8 Å². The SMILES string of the molecule is CO[C@H]1CN(C)C(=O)[C@@H]2C[C@@H](CN2c2ncnc3c2cnn3-c2ccc(F)cc2F)Nc2nccc(n2)-c2cc(F)cc3nc(C)n(c23)C1. The van der Waals surface area contributed by atoms with Crippen LogP contribution in [-0.2, 0) is 16.1 Å². The van der Waals surface area contributed by atoms with Crippen molar-refractivity contribution in [1.29, 1.82) is 0 Å². The lowest BCUT2D eigenvalue weighted by molar-refractivity contribution is -0.132. The van der Waals surface area contributed by atoms with Gasteiger partial charge in [-0.05, 0) is 37.6 Å². The maximum atomic E-state index is 14.9. The molecule has 1 fully saturated rings. The summed E-state index contributed by atoms with van der Waals surface area (Å²) in [4.78, 5) is 40.6. The van der Waals surface area contributed by atoms with Crippen molar-refractivity contribution in [3.63, 3.8) is 0 Å². The second-order valence-corrected chi connectivity index (χ2v) is 12.3. The van der Waals surface area contributed by atoms with Crippen LogP contribution >= 0.6 is 0 Å². The number of rotatable bonds is 3. The van der Waals surface area contributed by atoms with Gasteiger partial charge >= 0.3 is 0 Å². The van der Waals surface area contributed by atoms with Crippen molar-refractivity contribution in [2.24, 2.45) is 0 Å². The first kappa shape index (κ1) is 30.7. The minimum Gasteiger partial charge on any atom is -0.378 e. The molecule has 4 bridgehead atoms. The van der Waals surface area contributed by atoms with Gasteiger partial charge in [-0.15, -0.1) is 0 Å². The van der Waals surface area contributed by atoms with Gasteiger partial charge in [0.15, 0.2) is 11.5 Å². The average molecular weight is 670 g/mol. The van der Waals surface area contributed by atoms with E-state index < -0.39 is 29.6 Å². The molecule has 4 aromatic heterocycles. The maximum absolute atomic E-state index is 14.9. The van der Waals surface area contributed by atoms with Crippen LogP contribution in [0, 0.1) is 24.4 Å². The molecule has 2 aliphatic heterocycles. The quantitative estimate of drug-likeness (QED) is 0.296. The van der Waals surface area contributed by atoms with Crippen LogP contribution in [0.5, 0.6) is 0 Å². The normalized spacial score (nSPS) is 19.7. The second-order valence-electron chi connectivity index (χ2n) is 12.3. The van der Waals surface area contributed by atoms with Crippen LogP contribution in [-0.4, -0.2) is 95.5 Å². The third-order valence-corrected chi connectivity index (χ3v) is 9.18. The van der Waals surface area contributed by atoms with Crippen LogP contribution in [0.1, 0.15) is 12.2 Å². The molecule has 0 radical (unpaired) electrons. The standard InChI is InChI=1S/C33H30F3N11O2/c1-17-41-26-10-19(35)8-22-25-6-7-37-33(43-25)42-20-11-28(32(48)44(2)14-21(49-3)15-45(17)29(22)26)46(13-20)30-23-12-40-47(31(23)39-16-38-30)27-5-4-18(34)9-24(27)36/h4-10,12,16,20-21,28H,11,13-15H2,1-3H3,(H,37,42,43)/t20-,21-,28-/m0/s1. The molecule has 2 aromatic carbocycles. The monoisotopic (exact) mass is 669 g/mol. The highest BCUT2D eigenvalue weighted by Gasteiger charge is 2.41. The fraction of sp³-hybridized carbons (Fsp3) is 0.303. The molecule has 0 unspecified atom stereocenters. The molecule has 2 aliphatic rings. The molecule has 6 heterocycles. The molecule has 0 aliphatic carbocycles. The first-order valence-corrected chi connectivity index (χ1v) is 15.6. The predicted octanol–water partition coefficient (Wildman–Crippen LogP) is 3.89. The molecule has 250 valence electrons. The highest BCUT2D eigenvalue weighted by molar-refractivity contribution is 5.93. The Kier molecular flexibility index (Phi) is 7.39. The second kappa shape index (κ2) is 11.8. The lowest BCUT2D eigenvalue weighted by atomic mass is 10.1. The van der Waals surface area contributed by atoms with Crippen LogP contribution < -0.4 is 10.2 Å². The molecule has 1 amide bonds. The molecule has 1 saturated heterocycles. The number of hydrogen-bond donors (Lipinski definition) is 1. The highest BCUT2D eigenvalue weighted by atomic mass is 19.1. The Morgan fingerprint density at radius 2 is 1.84 bits per heavy atom. The number of aryl methyl sites for hydroxylation is 1. The Bertz CT molecular complexity index is 2260. The number of halogens is 3. The van der Waals surface area contributed by atoms with Crippen molar-refractivity contribution in [3.8, 4) is 16.9 Å². The zero-order valence-electron chi connectivity index (χ0n) is 26.7. The number of anilines is 2. The predicted molar refractivity (Wildman–Crippen MR) is 174 cm³/mol. The van der Waals surface area contributed by atoms with Crippen molar-refractivity contribution < 1.29 is 22.7 Å². The van der Waals surface area contributed by atoms with Crippen LogP contribution in [0.25, 0.3) is 39.0 Å². The molecule has 1 N–H and O–H groups in total. The van der Waals surface area contributed by atoms with Crippen LogP contribution in [0.4, 0.5) is 24.9 Å². The molecule has 13 nitrogen and oxygen atoms in total. The minimum absolute atomic E-state index is 0.0188. The highest BCUT2D eigenvalue weighted by Crippen LogP contribution is 2.34. The van der Waals surface area contributed by atoms with Gasteiger partial charge in [0.1, 0.15) is 41.3 Å². The third-order valence-electron chi connectivity index (χ3n) is 9.18. The number of fused-ring (bicyclic) bond motifs is 6. The van der Waals surface area contributed by atoms with E-state index in [9.17, 15) is 18.0 Å². The van der Waals surface area contributed by atoms with Gasteiger partial charge in [-0.3, -0.25) is 4.79 Å². The van der Waals surface area contributed by atoms with Crippen LogP contribution in [0.3, 0.4) is 0 Å². The van der Waals surface area contributed by atoms with Gasteiger partial charge in [0.2, 0.25) is 11.9 Å². The summed E-state index contributed by atoms with van der Waals surface area (Å²) < 4.78 is 52.5. The number of nitrogens with one attached hydrogen (secondary N) is 1. The van der Waals surface area contributed by atoms with E-state index in [-0.39, 0.29) is 29.8 Å². The molecule has 6 aromatic rings. The van der Waals surface area contributed by atoms with Gasteiger partial charge in [0.05, 0.1) is 41.0 Å². The molecule has 8 rings (SSSR count). The number of ether oxygens (including phenoxy) is 1. The number of imidazole rings is 1.